The highest BCUT2D eigenvalue weighted by Crippen LogP contribution is 2.33. The van der Waals surface area contributed by atoms with Gasteiger partial charge in [0.1, 0.15) is 6.10 Å². The molecule has 0 aliphatic carbocycles. The van der Waals surface area contributed by atoms with E-state index in [1.54, 1.807) is 0 Å². The van der Waals surface area contributed by atoms with Crippen LogP contribution < -0.4 is 14.8 Å². The molecule has 19 heavy (non-hydrogen) atoms. The fourth-order valence-corrected chi connectivity index (χ4v) is 2.13. The predicted molar refractivity (Wildman–Crippen MR) is 71.7 cm³/mol. The minimum absolute atomic E-state index is 0.0837. The van der Waals surface area contributed by atoms with Gasteiger partial charge in [0.15, 0.2) is 11.5 Å². The molecule has 2 aliphatic rings. The Morgan fingerprint density at radius 1 is 1.37 bits per heavy atom. The quantitative estimate of drug-likeness (QED) is 0.646. The van der Waals surface area contributed by atoms with E-state index in [1.165, 1.54) is 0 Å². The zero-order valence-electron chi connectivity index (χ0n) is 10.6. The zero-order valence-corrected chi connectivity index (χ0v) is 10.6. The lowest BCUT2D eigenvalue weighted by Crippen LogP contribution is -2.27. The summed E-state index contributed by atoms with van der Waals surface area (Å²) in [6.07, 6.45) is 2.71. The first kappa shape index (κ1) is 12.0. The van der Waals surface area contributed by atoms with Crippen LogP contribution in [0.15, 0.2) is 36.0 Å². The van der Waals surface area contributed by atoms with E-state index in [9.17, 15) is 0 Å². The molecule has 3 rings (SSSR count). The standard InChI is InChI=1S/C14H16N2O3/c1-2-5-15-8-11-7-12(16-19-11)10-3-4-13-14(6-10)18-9-17-13/h2-4,6,11,15H,1,5,7-9H2. The molecule has 0 fully saturated rings. The van der Waals surface area contributed by atoms with Crippen LogP contribution >= 0.6 is 0 Å². The molecule has 0 bridgehead atoms. The number of hydrogen-bond acceptors (Lipinski definition) is 5. The fraction of sp³-hybridized carbons (Fsp3) is 0.357. The second kappa shape index (κ2) is 5.32. The van der Waals surface area contributed by atoms with Crippen LogP contribution in [0.5, 0.6) is 11.5 Å². The summed E-state index contributed by atoms with van der Waals surface area (Å²) in [7, 11) is 0. The van der Waals surface area contributed by atoms with Gasteiger partial charge in [0.2, 0.25) is 6.79 Å². The highest BCUT2D eigenvalue weighted by atomic mass is 16.7. The molecule has 1 aromatic carbocycles. The average Bonchev–Trinajstić information content (AvgIpc) is 3.06. The molecule has 0 spiro atoms. The van der Waals surface area contributed by atoms with E-state index < -0.39 is 0 Å². The summed E-state index contributed by atoms with van der Waals surface area (Å²) in [6.45, 7) is 5.49. The number of hydrogen-bond donors (Lipinski definition) is 1. The number of benzene rings is 1. The summed E-state index contributed by atoms with van der Waals surface area (Å²) >= 11 is 0. The van der Waals surface area contributed by atoms with E-state index >= 15 is 0 Å². The topological polar surface area (TPSA) is 52.1 Å². The molecule has 100 valence electrons. The fourth-order valence-electron chi connectivity index (χ4n) is 2.13. The van der Waals surface area contributed by atoms with Gasteiger partial charge in [0.25, 0.3) is 0 Å². The number of oxime groups is 1. The van der Waals surface area contributed by atoms with Crippen molar-refractivity contribution in [3.05, 3.63) is 36.4 Å². The molecule has 5 nitrogen and oxygen atoms in total. The smallest absolute Gasteiger partial charge is 0.231 e. The molecular weight excluding hydrogens is 244 g/mol. The van der Waals surface area contributed by atoms with Gasteiger partial charge in [0, 0.05) is 25.1 Å². The first-order valence-corrected chi connectivity index (χ1v) is 6.31. The van der Waals surface area contributed by atoms with E-state index in [-0.39, 0.29) is 12.9 Å². The van der Waals surface area contributed by atoms with Crippen LogP contribution in [-0.4, -0.2) is 31.7 Å². The highest BCUT2D eigenvalue weighted by molar-refractivity contribution is 6.01. The first-order chi connectivity index (χ1) is 9.36. The third-order valence-electron chi connectivity index (χ3n) is 3.10. The average molecular weight is 260 g/mol. The highest BCUT2D eigenvalue weighted by Gasteiger charge is 2.23. The van der Waals surface area contributed by atoms with Crippen LogP contribution in [0, 0.1) is 0 Å². The Bertz CT molecular complexity index is 513. The van der Waals surface area contributed by atoms with Crippen molar-refractivity contribution in [3.63, 3.8) is 0 Å². The number of ether oxygens (including phenoxy) is 2. The Morgan fingerprint density at radius 2 is 2.26 bits per heavy atom. The molecule has 1 atom stereocenters. The van der Waals surface area contributed by atoms with Crippen molar-refractivity contribution >= 4 is 5.71 Å². The number of rotatable bonds is 5. The summed E-state index contributed by atoms with van der Waals surface area (Å²) in [5.41, 5.74) is 1.97. The number of nitrogens with zero attached hydrogens (tertiary/aromatic N) is 1. The maximum absolute atomic E-state index is 5.41. The molecule has 2 aliphatic heterocycles. The normalized spacial score (nSPS) is 20.0. The Labute approximate surface area is 111 Å². The van der Waals surface area contributed by atoms with Gasteiger partial charge in [-0.05, 0) is 18.2 Å². The van der Waals surface area contributed by atoms with E-state index in [4.69, 9.17) is 14.3 Å². The zero-order chi connectivity index (χ0) is 13.1. The Balaban J connectivity index is 1.63. The lowest BCUT2D eigenvalue weighted by Gasteiger charge is -2.07. The SMILES string of the molecule is C=CCNCC1CC(c2ccc3c(c2)OCO3)=NO1. The van der Waals surface area contributed by atoms with Crippen molar-refractivity contribution < 1.29 is 14.3 Å². The molecule has 1 unspecified atom stereocenters. The maximum Gasteiger partial charge on any atom is 0.231 e. The lowest BCUT2D eigenvalue weighted by molar-refractivity contribution is 0.0859. The molecule has 2 heterocycles. The van der Waals surface area contributed by atoms with Crippen molar-refractivity contribution in [2.24, 2.45) is 5.16 Å². The summed E-state index contributed by atoms with van der Waals surface area (Å²) < 4.78 is 10.7. The van der Waals surface area contributed by atoms with E-state index in [2.05, 4.69) is 17.1 Å². The molecule has 0 saturated heterocycles. The van der Waals surface area contributed by atoms with Crippen LogP contribution in [0.3, 0.4) is 0 Å². The van der Waals surface area contributed by atoms with Crippen LogP contribution in [0.2, 0.25) is 0 Å². The van der Waals surface area contributed by atoms with Gasteiger partial charge in [-0.2, -0.15) is 0 Å². The van der Waals surface area contributed by atoms with Gasteiger partial charge in [-0.3, -0.25) is 0 Å². The molecule has 0 aromatic heterocycles. The molecule has 0 saturated carbocycles. The summed E-state index contributed by atoms with van der Waals surface area (Å²) in [4.78, 5) is 5.41. The lowest BCUT2D eigenvalue weighted by atomic mass is 10.0. The Hall–Kier alpha value is -2.01. The van der Waals surface area contributed by atoms with E-state index in [0.717, 1.165) is 42.3 Å². The van der Waals surface area contributed by atoms with Gasteiger partial charge in [0.05, 0.1) is 5.71 Å². The van der Waals surface area contributed by atoms with Gasteiger partial charge in [-0.15, -0.1) is 6.58 Å². The van der Waals surface area contributed by atoms with Gasteiger partial charge >= 0.3 is 0 Å². The summed E-state index contributed by atoms with van der Waals surface area (Å²) in [6, 6.07) is 5.84. The minimum atomic E-state index is 0.0837. The van der Waals surface area contributed by atoms with Crippen molar-refractivity contribution in [1.82, 2.24) is 5.32 Å². The van der Waals surface area contributed by atoms with Crippen molar-refractivity contribution in [2.45, 2.75) is 12.5 Å². The number of fused-ring (bicyclic) bond motifs is 1. The van der Waals surface area contributed by atoms with E-state index in [1.807, 2.05) is 24.3 Å². The van der Waals surface area contributed by atoms with Gasteiger partial charge in [-0.25, -0.2) is 0 Å². The summed E-state index contributed by atoms with van der Waals surface area (Å²) in [5.74, 6) is 1.56. The minimum Gasteiger partial charge on any atom is -0.454 e. The number of nitrogens with one attached hydrogen (secondary N) is 1. The molecule has 5 heteroatoms. The van der Waals surface area contributed by atoms with Gasteiger partial charge < -0.3 is 19.6 Å². The van der Waals surface area contributed by atoms with Crippen molar-refractivity contribution in [2.75, 3.05) is 19.9 Å². The van der Waals surface area contributed by atoms with Crippen LogP contribution in [0.4, 0.5) is 0 Å². The van der Waals surface area contributed by atoms with Crippen LogP contribution in [-0.2, 0) is 4.84 Å². The Morgan fingerprint density at radius 3 is 3.16 bits per heavy atom. The molecule has 1 N–H and O–H groups in total. The van der Waals surface area contributed by atoms with Crippen LogP contribution in [0.1, 0.15) is 12.0 Å². The second-order valence-electron chi connectivity index (χ2n) is 4.48. The molecule has 0 amide bonds. The first-order valence-electron chi connectivity index (χ1n) is 6.31. The summed E-state index contributed by atoms with van der Waals surface area (Å²) in [5, 5.41) is 7.38. The molecular formula is C14H16N2O3. The third-order valence-corrected chi connectivity index (χ3v) is 3.10. The molecule has 1 aromatic rings. The molecule has 0 radical (unpaired) electrons. The van der Waals surface area contributed by atoms with Crippen molar-refractivity contribution in [3.8, 4) is 11.5 Å². The van der Waals surface area contributed by atoms with E-state index in [0.29, 0.717) is 0 Å². The Kier molecular flexibility index (Phi) is 3.37. The van der Waals surface area contributed by atoms with Gasteiger partial charge in [-0.1, -0.05) is 11.2 Å². The monoisotopic (exact) mass is 260 g/mol. The van der Waals surface area contributed by atoms with Crippen LogP contribution in [0.25, 0.3) is 0 Å². The maximum atomic E-state index is 5.41. The van der Waals surface area contributed by atoms with Crippen molar-refractivity contribution in [1.29, 1.82) is 0 Å². The predicted octanol–water partition coefficient (Wildman–Crippen LogP) is 1.68. The largest absolute Gasteiger partial charge is 0.454 e. The third kappa shape index (κ3) is 2.56. The second-order valence-corrected chi connectivity index (χ2v) is 4.48.